The van der Waals surface area contributed by atoms with E-state index in [4.69, 9.17) is 9.47 Å². The molecule has 2 fully saturated rings. The number of rotatable bonds is 12. The molecule has 4 rings (SSSR count). The maximum absolute atomic E-state index is 13.0. The first-order valence-electron chi connectivity index (χ1n) is 15.4. The van der Waals surface area contributed by atoms with Gasteiger partial charge in [0.15, 0.2) is 0 Å². The van der Waals surface area contributed by atoms with E-state index in [2.05, 4.69) is 10.6 Å². The van der Waals surface area contributed by atoms with Crippen LogP contribution in [0.2, 0.25) is 0 Å². The Kier molecular flexibility index (Phi) is 12.2. The molecule has 0 radical (unpaired) electrons. The van der Waals surface area contributed by atoms with Crippen molar-refractivity contribution in [2.24, 2.45) is 11.8 Å². The Labute approximate surface area is 263 Å². The first-order chi connectivity index (χ1) is 21.7. The number of amides is 4. The second kappa shape index (κ2) is 16.5. The molecule has 0 aliphatic carbocycles. The SMILES string of the molecule is COc1ccc(C(=O)NC(CNC(=O)[C@@H]2CCCN(C(=O)CCC3CCN(C(=O)OCc4ccccc4)CC3)C2)C(=O)O)cc1. The Morgan fingerprint density at radius 1 is 0.933 bits per heavy atom. The number of carboxylic acid groups (broad SMARTS) is 1. The summed E-state index contributed by atoms with van der Waals surface area (Å²) in [6.45, 7) is 1.99. The molecule has 2 aliphatic rings. The van der Waals surface area contributed by atoms with Gasteiger partial charge in [-0.05, 0) is 67.9 Å². The molecule has 242 valence electrons. The molecule has 45 heavy (non-hydrogen) atoms. The topological polar surface area (TPSA) is 155 Å². The molecule has 3 N–H and O–H groups in total. The molecule has 2 aliphatic heterocycles. The highest BCUT2D eigenvalue weighted by Crippen LogP contribution is 2.24. The molecular formula is C33H42N4O8. The van der Waals surface area contributed by atoms with Crippen molar-refractivity contribution in [1.82, 2.24) is 20.4 Å². The molecule has 0 saturated carbocycles. The largest absolute Gasteiger partial charge is 0.497 e. The zero-order chi connectivity index (χ0) is 32.2. The third-order valence-corrected chi connectivity index (χ3v) is 8.43. The van der Waals surface area contributed by atoms with Crippen LogP contribution in [0.3, 0.4) is 0 Å². The fraction of sp³-hybridized carbons (Fsp3) is 0.485. The lowest BCUT2D eigenvalue weighted by atomic mass is 9.91. The third kappa shape index (κ3) is 9.95. The zero-order valence-corrected chi connectivity index (χ0v) is 25.6. The number of nitrogens with zero attached hydrogens (tertiary/aromatic N) is 2. The second-order valence-electron chi connectivity index (χ2n) is 11.5. The predicted octanol–water partition coefficient (Wildman–Crippen LogP) is 3.06. The molecule has 12 heteroatoms. The number of benzene rings is 2. The number of carboxylic acids is 1. The van der Waals surface area contributed by atoms with E-state index in [1.165, 1.54) is 19.2 Å². The van der Waals surface area contributed by atoms with Gasteiger partial charge in [0, 0.05) is 44.7 Å². The van der Waals surface area contributed by atoms with Gasteiger partial charge < -0.3 is 35.0 Å². The van der Waals surface area contributed by atoms with Crippen LogP contribution < -0.4 is 15.4 Å². The number of methoxy groups -OCH3 is 1. The van der Waals surface area contributed by atoms with E-state index in [1.807, 2.05) is 30.3 Å². The summed E-state index contributed by atoms with van der Waals surface area (Å²) in [5.74, 6) is -1.77. The van der Waals surface area contributed by atoms with E-state index in [9.17, 15) is 29.1 Å². The monoisotopic (exact) mass is 622 g/mol. The van der Waals surface area contributed by atoms with Crippen molar-refractivity contribution in [2.75, 3.05) is 39.8 Å². The van der Waals surface area contributed by atoms with Crippen molar-refractivity contribution < 1.29 is 38.6 Å². The molecule has 2 saturated heterocycles. The van der Waals surface area contributed by atoms with E-state index >= 15 is 0 Å². The number of carbonyl (C=O) groups excluding carboxylic acids is 4. The van der Waals surface area contributed by atoms with Gasteiger partial charge in [-0.1, -0.05) is 30.3 Å². The predicted molar refractivity (Wildman–Crippen MR) is 164 cm³/mol. The van der Waals surface area contributed by atoms with Gasteiger partial charge >= 0.3 is 12.1 Å². The van der Waals surface area contributed by atoms with E-state index < -0.39 is 23.8 Å². The molecule has 2 aromatic rings. The lowest BCUT2D eigenvalue weighted by Crippen LogP contribution is -2.51. The van der Waals surface area contributed by atoms with Crippen LogP contribution in [0, 0.1) is 11.8 Å². The number of likely N-dealkylation sites (tertiary alicyclic amines) is 2. The second-order valence-corrected chi connectivity index (χ2v) is 11.5. The van der Waals surface area contributed by atoms with Crippen LogP contribution in [-0.2, 0) is 25.7 Å². The third-order valence-electron chi connectivity index (χ3n) is 8.43. The number of carbonyl (C=O) groups is 5. The molecule has 12 nitrogen and oxygen atoms in total. The first kappa shape index (κ1) is 33.3. The molecular weight excluding hydrogens is 580 g/mol. The fourth-order valence-electron chi connectivity index (χ4n) is 5.65. The Hall–Kier alpha value is -4.61. The van der Waals surface area contributed by atoms with Crippen LogP contribution in [0.1, 0.15) is 54.4 Å². The van der Waals surface area contributed by atoms with Crippen LogP contribution in [0.25, 0.3) is 0 Å². The molecule has 2 aromatic carbocycles. The summed E-state index contributed by atoms with van der Waals surface area (Å²) in [5, 5.41) is 14.7. The van der Waals surface area contributed by atoms with Gasteiger partial charge in [-0.15, -0.1) is 0 Å². The molecule has 0 aromatic heterocycles. The summed E-state index contributed by atoms with van der Waals surface area (Å²) in [6, 6.07) is 14.5. The number of aliphatic carboxylic acids is 1. The molecule has 2 heterocycles. The number of hydrogen-bond donors (Lipinski definition) is 3. The Morgan fingerprint density at radius 2 is 1.64 bits per heavy atom. The van der Waals surface area contributed by atoms with Gasteiger partial charge in [-0.25, -0.2) is 9.59 Å². The van der Waals surface area contributed by atoms with Gasteiger partial charge in [-0.3, -0.25) is 14.4 Å². The number of ether oxygens (including phenoxy) is 2. The van der Waals surface area contributed by atoms with Crippen molar-refractivity contribution in [2.45, 2.75) is 51.2 Å². The lowest BCUT2D eigenvalue weighted by molar-refractivity contribution is -0.139. The molecule has 0 spiro atoms. The number of hydrogen-bond acceptors (Lipinski definition) is 7. The molecule has 2 atom stereocenters. The molecule has 1 unspecified atom stereocenters. The maximum Gasteiger partial charge on any atom is 0.410 e. The first-order valence-corrected chi connectivity index (χ1v) is 15.4. The molecule has 0 bridgehead atoms. The van der Waals surface area contributed by atoms with Gasteiger partial charge in [0.1, 0.15) is 18.4 Å². The van der Waals surface area contributed by atoms with Crippen molar-refractivity contribution >= 4 is 29.8 Å². The minimum absolute atomic E-state index is 0.00707. The lowest BCUT2D eigenvalue weighted by Gasteiger charge is -2.34. The summed E-state index contributed by atoms with van der Waals surface area (Å²) < 4.78 is 10.5. The quantitative estimate of drug-likeness (QED) is 0.326. The highest BCUT2D eigenvalue weighted by molar-refractivity contribution is 5.96. The standard InChI is InChI=1S/C33H42N4O8/c1-44-27-12-10-25(11-13-27)31(40)35-28(32(41)42)20-34-30(39)26-8-5-17-37(21-26)29(38)14-9-23-15-18-36(19-16-23)33(43)45-22-24-6-3-2-4-7-24/h2-4,6-7,10-13,23,26,28H,5,8-9,14-22H2,1H3,(H,34,39)(H,35,40)(H,41,42)/t26-,28?/m1/s1. The minimum atomic E-state index is -1.32. The van der Waals surface area contributed by atoms with Gasteiger partial charge in [0.2, 0.25) is 11.8 Å². The van der Waals surface area contributed by atoms with Crippen molar-refractivity contribution in [1.29, 1.82) is 0 Å². The van der Waals surface area contributed by atoms with Gasteiger partial charge in [0.05, 0.1) is 13.0 Å². The van der Waals surface area contributed by atoms with E-state index in [0.717, 1.165) is 18.4 Å². The van der Waals surface area contributed by atoms with Crippen LogP contribution in [0.4, 0.5) is 4.79 Å². The Morgan fingerprint density at radius 3 is 2.31 bits per heavy atom. The summed E-state index contributed by atoms with van der Waals surface area (Å²) in [6.07, 6.45) is 3.63. The van der Waals surface area contributed by atoms with Gasteiger partial charge in [0.25, 0.3) is 5.91 Å². The van der Waals surface area contributed by atoms with Crippen LogP contribution in [-0.4, -0.2) is 90.6 Å². The number of piperidine rings is 2. The summed E-state index contributed by atoms with van der Waals surface area (Å²) in [4.78, 5) is 66.1. The average Bonchev–Trinajstić information content (AvgIpc) is 3.08. The summed E-state index contributed by atoms with van der Waals surface area (Å²) in [5.41, 5.74) is 1.21. The van der Waals surface area contributed by atoms with Crippen molar-refractivity contribution in [3.05, 3.63) is 65.7 Å². The van der Waals surface area contributed by atoms with E-state index in [1.54, 1.807) is 21.9 Å². The van der Waals surface area contributed by atoms with Crippen LogP contribution in [0.5, 0.6) is 5.75 Å². The number of nitrogens with one attached hydrogen (secondary N) is 2. The Balaban J connectivity index is 1.16. The molecule has 4 amide bonds. The van der Waals surface area contributed by atoms with Crippen molar-refractivity contribution in [3.63, 3.8) is 0 Å². The summed E-state index contributed by atoms with van der Waals surface area (Å²) >= 11 is 0. The van der Waals surface area contributed by atoms with Crippen LogP contribution in [0.15, 0.2) is 54.6 Å². The average molecular weight is 623 g/mol. The minimum Gasteiger partial charge on any atom is -0.497 e. The fourth-order valence-corrected chi connectivity index (χ4v) is 5.65. The highest BCUT2D eigenvalue weighted by Gasteiger charge is 2.31. The summed E-state index contributed by atoms with van der Waals surface area (Å²) in [7, 11) is 1.50. The smallest absolute Gasteiger partial charge is 0.410 e. The maximum atomic E-state index is 13.0. The Bertz CT molecular complexity index is 1310. The van der Waals surface area contributed by atoms with Crippen LogP contribution >= 0.6 is 0 Å². The normalized spacial score (nSPS) is 17.6. The van der Waals surface area contributed by atoms with Gasteiger partial charge in [-0.2, -0.15) is 0 Å². The van der Waals surface area contributed by atoms with Crippen molar-refractivity contribution in [3.8, 4) is 5.75 Å². The highest BCUT2D eigenvalue weighted by atomic mass is 16.6. The zero-order valence-electron chi connectivity index (χ0n) is 25.6. The van der Waals surface area contributed by atoms with E-state index in [-0.39, 0.29) is 43.2 Å². The van der Waals surface area contributed by atoms with E-state index in [0.29, 0.717) is 57.0 Å².